The summed E-state index contributed by atoms with van der Waals surface area (Å²) in [5.74, 6) is 0.473. The summed E-state index contributed by atoms with van der Waals surface area (Å²) in [5.41, 5.74) is 1.95. The van der Waals surface area contributed by atoms with Gasteiger partial charge in [-0.1, -0.05) is 54.1 Å². The highest BCUT2D eigenvalue weighted by molar-refractivity contribution is 6.30. The van der Waals surface area contributed by atoms with Gasteiger partial charge in [-0.05, 0) is 41.5 Å². The van der Waals surface area contributed by atoms with Gasteiger partial charge in [0.15, 0.2) is 11.4 Å². The molecule has 0 amide bonds. The number of fused-ring (bicyclic) bond motifs is 1. The molecular weight excluding hydrogens is 358 g/mol. The van der Waals surface area contributed by atoms with Crippen molar-refractivity contribution in [3.63, 3.8) is 0 Å². The van der Waals surface area contributed by atoms with Crippen LogP contribution in [0.5, 0.6) is 0 Å². The first-order valence-electron chi connectivity index (χ1n) is 8.45. The smallest absolute Gasteiger partial charge is 0.173 e. The summed E-state index contributed by atoms with van der Waals surface area (Å²) >= 11 is 6.05. The van der Waals surface area contributed by atoms with Gasteiger partial charge in [-0.15, -0.1) is 0 Å². The zero-order valence-electron chi connectivity index (χ0n) is 14.6. The van der Waals surface area contributed by atoms with Gasteiger partial charge in [-0.3, -0.25) is 0 Å². The minimum atomic E-state index is -1.47. The van der Waals surface area contributed by atoms with Crippen molar-refractivity contribution in [2.45, 2.75) is 5.60 Å². The molecule has 4 aromatic rings. The monoisotopic (exact) mass is 373 g/mol. The van der Waals surface area contributed by atoms with Crippen LogP contribution >= 0.6 is 11.6 Å². The van der Waals surface area contributed by atoms with Crippen molar-refractivity contribution in [2.75, 3.05) is 0 Å². The molecule has 0 aliphatic heterocycles. The highest BCUT2D eigenvalue weighted by Gasteiger charge is 2.38. The van der Waals surface area contributed by atoms with Crippen molar-refractivity contribution in [2.24, 2.45) is 7.05 Å². The predicted molar refractivity (Wildman–Crippen MR) is 105 cm³/mol. The fourth-order valence-electron chi connectivity index (χ4n) is 3.38. The van der Waals surface area contributed by atoms with E-state index in [1.165, 1.54) is 0 Å². The first-order chi connectivity index (χ1) is 13.0. The SMILES string of the molecule is Cn1c(C(O)(c2ccccc2)c2ccc(Cl)cc2)nc2ccc(C#N)cc21. The number of rotatable bonds is 3. The van der Waals surface area contributed by atoms with E-state index < -0.39 is 5.60 Å². The Morgan fingerprint density at radius 3 is 2.33 bits per heavy atom. The molecule has 1 aromatic heterocycles. The summed E-state index contributed by atoms with van der Waals surface area (Å²) in [6.45, 7) is 0. The Labute approximate surface area is 161 Å². The van der Waals surface area contributed by atoms with E-state index in [0.717, 1.165) is 11.0 Å². The second-order valence-corrected chi connectivity index (χ2v) is 6.83. The van der Waals surface area contributed by atoms with Crippen LogP contribution in [0, 0.1) is 11.3 Å². The number of benzene rings is 3. The zero-order valence-corrected chi connectivity index (χ0v) is 15.4. The van der Waals surface area contributed by atoms with Crippen LogP contribution in [0.2, 0.25) is 5.02 Å². The third-order valence-corrected chi connectivity index (χ3v) is 5.04. The highest BCUT2D eigenvalue weighted by atomic mass is 35.5. The first kappa shape index (κ1) is 17.3. The predicted octanol–water partition coefficient (Wildman–Crippen LogP) is 4.38. The molecule has 27 heavy (non-hydrogen) atoms. The third kappa shape index (κ3) is 2.78. The molecule has 1 heterocycles. The summed E-state index contributed by atoms with van der Waals surface area (Å²) in [4.78, 5) is 4.71. The quantitative estimate of drug-likeness (QED) is 0.579. The van der Waals surface area contributed by atoms with E-state index in [1.54, 1.807) is 42.5 Å². The number of nitriles is 1. The van der Waals surface area contributed by atoms with Crippen molar-refractivity contribution in [3.05, 3.63) is 100 Å². The number of hydrogen-bond donors (Lipinski definition) is 1. The van der Waals surface area contributed by atoms with E-state index in [4.69, 9.17) is 16.6 Å². The van der Waals surface area contributed by atoms with Crippen LogP contribution in [0.25, 0.3) is 11.0 Å². The Balaban J connectivity index is 2.03. The Morgan fingerprint density at radius 2 is 1.67 bits per heavy atom. The second kappa shape index (κ2) is 6.55. The Morgan fingerprint density at radius 1 is 1.00 bits per heavy atom. The molecule has 3 aromatic carbocycles. The summed E-state index contributed by atoms with van der Waals surface area (Å²) in [6, 6.07) is 24.0. The summed E-state index contributed by atoms with van der Waals surface area (Å²) < 4.78 is 1.83. The number of halogens is 1. The molecule has 1 unspecified atom stereocenters. The van der Waals surface area contributed by atoms with Crippen LogP contribution in [-0.4, -0.2) is 14.7 Å². The minimum Gasteiger partial charge on any atom is -0.373 e. The topological polar surface area (TPSA) is 61.8 Å². The molecule has 0 saturated carbocycles. The van der Waals surface area contributed by atoms with E-state index in [9.17, 15) is 10.4 Å². The highest BCUT2D eigenvalue weighted by Crippen LogP contribution is 2.37. The molecule has 4 nitrogen and oxygen atoms in total. The van der Waals surface area contributed by atoms with Crippen molar-refractivity contribution in [3.8, 4) is 6.07 Å². The number of imidazole rings is 1. The van der Waals surface area contributed by atoms with Crippen LogP contribution in [-0.2, 0) is 12.6 Å². The first-order valence-corrected chi connectivity index (χ1v) is 8.83. The van der Waals surface area contributed by atoms with E-state index >= 15 is 0 Å². The van der Waals surface area contributed by atoms with Crippen LogP contribution in [0.4, 0.5) is 0 Å². The van der Waals surface area contributed by atoms with E-state index in [0.29, 0.717) is 27.5 Å². The van der Waals surface area contributed by atoms with Gasteiger partial charge in [0.25, 0.3) is 0 Å². The normalized spacial score (nSPS) is 13.3. The van der Waals surface area contributed by atoms with Gasteiger partial charge >= 0.3 is 0 Å². The van der Waals surface area contributed by atoms with Crippen molar-refractivity contribution < 1.29 is 5.11 Å². The van der Waals surface area contributed by atoms with E-state index in [-0.39, 0.29) is 0 Å². The van der Waals surface area contributed by atoms with Gasteiger partial charge in [-0.2, -0.15) is 5.26 Å². The summed E-state index contributed by atoms with van der Waals surface area (Å²) in [6.07, 6.45) is 0. The van der Waals surface area contributed by atoms with Crippen molar-refractivity contribution >= 4 is 22.6 Å². The molecule has 5 heteroatoms. The summed E-state index contributed by atoms with van der Waals surface area (Å²) in [7, 11) is 1.84. The molecule has 0 aliphatic carbocycles. The number of aliphatic hydroxyl groups is 1. The van der Waals surface area contributed by atoms with Crippen LogP contribution in [0.1, 0.15) is 22.5 Å². The number of hydrogen-bond acceptors (Lipinski definition) is 3. The molecule has 0 aliphatic rings. The minimum absolute atomic E-state index is 0.473. The lowest BCUT2D eigenvalue weighted by molar-refractivity contribution is 0.113. The molecule has 0 spiro atoms. The fraction of sp³-hybridized carbons (Fsp3) is 0.0909. The Bertz CT molecular complexity index is 1160. The lowest BCUT2D eigenvalue weighted by Gasteiger charge is -2.29. The van der Waals surface area contributed by atoms with Gasteiger partial charge < -0.3 is 9.67 Å². The molecule has 0 fully saturated rings. The number of aromatic nitrogens is 2. The van der Waals surface area contributed by atoms with Gasteiger partial charge in [0.1, 0.15) is 0 Å². The molecule has 1 atom stereocenters. The largest absolute Gasteiger partial charge is 0.373 e. The molecule has 0 saturated heterocycles. The summed E-state index contributed by atoms with van der Waals surface area (Å²) in [5, 5.41) is 21.7. The van der Waals surface area contributed by atoms with Gasteiger partial charge in [0.05, 0.1) is 22.7 Å². The van der Waals surface area contributed by atoms with Crippen molar-refractivity contribution in [1.82, 2.24) is 9.55 Å². The molecular formula is C22H16ClN3O. The Hall–Kier alpha value is -3.13. The molecule has 0 radical (unpaired) electrons. The second-order valence-electron chi connectivity index (χ2n) is 6.39. The number of nitrogens with zero attached hydrogens (tertiary/aromatic N) is 3. The molecule has 132 valence electrons. The maximum absolute atomic E-state index is 11.9. The van der Waals surface area contributed by atoms with E-state index in [1.807, 2.05) is 41.9 Å². The fourth-order valence-corrected chi connectivity index (χ4v) is 3.50. The van der Waals surface area contributed by atoms with E-state index in [2.05, 4.69) is 6.07 Å². The van der Waals surface area contributed by atoms with Gasteiger partial charge in [-0.25, -0.2) is 4.98 Å². The van der Waals surface area contributed by atoms with Crippen LogP contribution in [0.3, 0.4) is 0 Å². The Kier molecular flexibility index (Phi) is 4.19. The van der Waals surface area contributed by atoms with Gasteiger partial charge in [0, 0.05) is 12.1 Å². The lowest BCUT2D eigenvalue weighted by atomic mass is 9.85. The average molecular weight is 374 g/mol. The number of aryl methyl sites for hydroxylation is 1. The zero-order chi connectivity index (χ0) is 19.0. The van der Waals surface area contributed by atoms with Crippen LogP contribution in [0.15, 0.2) is 72.8 Å². The standard InChI is InChI=1S/C22H16ClN3O/c1-26-20-13-15(14-24)7-12-19(20)25-21(26)22(27,16-5-3-2-4-6-16)17-8-10-18(23)11-9-17/h2-13,27H,1H3. The molecule has 4 rings (SSSR count). The van der Waals surface area contributed by atoms with Crippen molar-refractivity contribution in [1.29, 1.82) is 5.26 Å². The maximum Gasteiger partial charge on any atom is 0.173 e. The average Bonchev–Trinajstić information content (AvgIpc) is 3.05. The van der Waals surface area contributed by atoms with Crippen LogP contribution < -0.4 is 0 Å². The lowest BCUT2D eigenvalue weighted by Crippen LogP contribution is -2.32. The molecule has 1 N–H and O–H groups in total. The molecule has 0 bridgehead atoms. The maximum atomic E-state index is 11.9. The third-order valence-electron chi connectivity index (χ3n) is 4.79. The van der Waals surface area contributed by atoms with Gasteiger partial charge in [0.2, 0.25) is 0 Å².